The van der Waals surface area contributed by atoms with E-state index in [-0.39, 0.29) is 0 Å². The van der Waals surface area contributed by atoms with Gasteiger partial charge in [0.25, 0.3) is 0 Å². The fraction of sp³-hybridized carbons (Fsp3) is 0.341. The van der Waals surface area contributed by atoms with Gasteiger partial charge in [0, 0.05) is 40.4 Å². The molecule has 1 saturated carbocycles. The van der Waals surface area contributed by atoms with Gasteiger partial charge in [-0.25, -0.2) is 4.98 Å². The molecule has 4 nitrogen and oxygen atoms in total. The Morgan fingerprint density at radius 2 is 1.72 bits per heavy atom. The van der Waals surface area contributed by atoms with Crippen LogP contribution in [-0.2, 0) is 18.5 Å². The molecule has 0 N–H and O–H groups in total. The van der Waals surface area contributed by atoms with E-state index in [4.69, 9.17) is 4.42 Å². The lowest BCUT2D eigenvalue weighted by Crippen LogP contribution is -2.72. The van der Waals surface area contributed by atoms with Crippen LogP contribution in [0.25, 0.3) is 44.6 Å². The molecule has 0 radical (unpaired) electrons. The maximum absolute atomic E-state index is 6.72. The van der Waals surface area contributed by atoms with Crippen molar-refractivity contribution >= 4 is 35.3 Å². The van der Waals surface area contributed by atoms with Crippen LogP contribution >= 0.6 is 0 Å². The van der Waals surface area contributed by atoms with Crippen LogP contribution in [0.15, 0.2) is 89.7 Å². The topological polar surface area (TPSA) is 33.8 Å². The Morgan fingerprint density at radius 3 is 2.52 bits per heavy atom. The highest BCUT2D eigenvalue weighted by Crippen LogP contribution is 2.50. The number of hydrogen-bond donors (Lipinski definition) is 0. The summed E-state index contributed by atoms with van der Waals surface area (Å²) in [5.41, 5.74) is 11.7. The predicted molar refractivity (Wildman–Crippen MR) is 188 cm³/mol. The van der Waals surface area contributed by atoms with Crippen LogP contribution in [0.5, 0.6) is 0 Å². The maximum Gasteiger partial charge on any atom is 0.417 e. The maximum atomic E-state index is 6.72. The van der Waals surface area contributed by atoms with E-state index in [1.165, 1.54) is 70.5 Å². The second-order valence-electron chi connectivity index (χ2n) is 15.5. The van der Waals surface area contributed by atoms with Crippen LogP contribution in [0, 0.1) is 11.8 Å². The normalized spacial score (nSPS) is 18.6. The van der Waals surface area contributed by atoms with E-state index in [0.717, 1.165) is 35.1 Å². The van der Waals surface area contributed by atoms with Crippen LogP contribution in [0.4, 0.5) is 0 Å². The molecule has 2 aromatic carbocycles. The third-order valence-corrected chi connectivity index (χ3v) is 13.0. The predicted octanol–water partition coefficient (Wildman–Crippen LogP) is 8.29. The SMILES string of the molecule is CC(C)Cc1cc2[n+](cc1[Si](C)(C)C)C1(c3ccccc3-2)c2ccc3c(oc4ncccc43)c2-c2cc(CC3CCCC3)cc[n+]21. The molecule has 230 valence electrons. The summed E-state index contributed by atoms with van der Waals surface area (Å²) < 4.78 is 11.9. The first-order chi connectivity index (χ1) is 22.2. The summed E-state index contributed by atoms with van der Waals surface area (Å²) in [6.45, 7) is 12.2. The van der Waals surface area contributed by atoms with Crippen LogP contribution < -0.4 is 14.3 Å². The molecule has 4 aromatic heterocycles. The summed E-state index contributed by atoms with van der Waals surface area (Å²) in [4.78, 5) is 4.64. The van der Waals surface area contributed by atoms with Crippen molar-refractivity contribution in [3.05, 3.63) is 108 Å². The van der Waals surface area contributed by atoms with E-state index >= 15 is 0 Å². The lowest BCUT2D eigenvalue weighted by atomic mass is 9.89. The number of rotatable bonds is 5. The van der Waals surface area contributed by atoms with Gasteiger partial charge in [0.15, 0.2) is 18.0 Å². The lowest BCUT2D eigenvalue weighted by Gasteiger charge is -2.23. The Bertz CT molecular complexity index is 2200. The van der Waals surface area contributed by atoms with Crippen LogP contribution in [0.1, 0.15) is 61.8 Å². The Hall–Kier alpha value is -4.09. The average Bonchev–Trinajstić information content (AvgIpc) is 3.80. The van der Waals surface area contributed by atoms with Crippen molar-refractivity contribution in [2.24, 2.45) is 11.8 Å². The van der Waals surface area contributed by atoms with Crippen molar-refractivity contribution in [2.75, 3.05) is 0 Å². The molecule has 0 amide bonds. The number of pyridine rings is 3. The number of nitrogens with zero attached hydrogens (tertiary/aromatic N) is 3. The van der Waals surface area contributed by atoms with E-state index in [2.05, 4.69) is 121 Å². The van der Waals surface area contributed by atoms with Crippen molar-refractivity contribution in [3.8, 4) is 22.5 Å². The van der Waals surface area contributed by atoms with E-state index in [0.29, 0.717) is 11.6 Å². The highest BCUT2D eigenvalue weighted by Gasteiger charge is 2.67. The van der Waals surface area contributed by atoms with Crippen molar-refractivity contribution < 1.29 is 13.6 Å². The highest BCUT2D eigenvalue weighted by molar-refractivity contribution is 6.89. The smallest absolute Gasteiger partial charge is 0.417 e. The van der Waals surface area contributed by atoms with Crippen LogP contribution in [0.3, 0.4) is 0 Å². The van der Waals surface area contributed by atoms with Gasteiger partial charge in [0.05, 0.1) is 13.6 Å². The summed E-state index contributed by atoms with van der Waals surface area (Å²) in [5, 5.41) is 3.77. The molecular weight excluding hydrogens is 579 g/mol. The molecule has 1 atom stereocenters. The molecule has 2 aliphatic heterocycles. The van der Waals surface area contributed by atoms with Crippen LogP contribution in [0.2, 0.25) is 19.6 Å². The zero-order chi connectivity index (χ0) is 31.4. The van der Waals surface area contributed by atoms with E-state index in [9.17, 15) is 0 Å². The third-order valence-electron chi connectivity index (χ3n) is 11.0. The van der Waals surface area contributed by atoms with Gasteiger partial charge in [-0.1, -0.05) is 71.3 Å². The van der Waals surface area contributed by atoms with Gasteiger partial charge in [-0.2, -0.15) is 0 Å². The number of furan rings is 1. The van der Waals surface area contributed by atoms with Gasteiger partial charge in [-0.3, -0.25) is 0 Å². The highest BCUT2D eigenvalue weighted by atomic mass is 28.3. The second-order valence-corrected chi connectivity index (χ2v) is 20.5. The molecular formula is C41H43N3OSi+2. The van der Waals surface area contributed by atoms with Gasteiger partial charge >= 0.3 is 5.66 Å². The lowest BCUT2D eigenvalue weighted by molar-refractivity contribution is -0.954. The number of aromatic nitrogens is 3. The minimum atomic E-state index is -1.69. The first-order valence-electron chi connectivity index (χ1n) is 17.3. The average molecular weight is 622 g/mol. The summed E-state index contributed by atoms with van der Waals surface area (Å²) in [6, 6.07) is 25.4. The summed E-state index contributed by atoms with van der Waals surface area (Å²) in [5.74, 6) is 1.38. The molecule has 6 aromatic rings. The molecule has 1 aliphatic carbocycles. The van der Waals surface area contributed by atoms with Gasteiger partial charge in [-0.15, -0.1) is 9.13 Å². The van der Waals surface area contributed by atoms with E-state index in [1.54, 1.807) is 5.19 Å². The third kappa shape index (κ3) is 3.87. The monoisotopic (exact) mass is 621 g/mol. The zero-order valence-electron chi connectivity index (χ0n) is 27.7. The van der Waals surface area contributed by atoms with Crippen molar-refractivity contribution in [1.29, 1.82) is 0 Å². The van der Waals surface area contributed by atoms with E-state index in [1.807, 2.05) is 12.3 Å². The van der Waals surface area contributed by atoms with Crippen molar-refractivity contribution in [3.63, 3.8) is 0 Å². The summed E-state index contributed by atoms with van der Waals surface area (Å²) >= 11 is 0. The van der Waals surface area contributed by atoms with Gasteiger partial charge < -0.3 is 4.42 Å². The molecule has 1 unspecified atom stereocenters. The Kier molecular flexibility index (Phi) is 6.09. The molecule has 5 heteroatoms. The first-order valence-corrected chi connectivity index (χ1v) is 20.8. The molecule has 0 bridgehead atoms. The molecule has 46 heavy (non-hydrogen) atoms. The largest absolute Gasteiger partial charge is 0.437 e. The minimum absolute atomic E-state index is 0.548. The summed E-state index contributed by atoms with van der Waals surface area (Å²) in [6.07, 6.45) is 14.4. The zero-order valence-corrected chi connectivity index (χ0v) is 28.7. The number of benzene rings is 2. The van der Waals surface area contributed by atoms with E-state index < -0.39 is 13.7 Å². The fourth-order valence-electron chi connectivity index (χ4n) is 9.06. The molecule has 9 rings (SSSR count). The first kappa shape index (κ1) is 28.2. The standard InChI is InChI=1S/C41H43N3OSi/c1-26(2)21-29-24-35-32-13-8-9-15-33(32)41(44(35)25-37(29)46(3,4)5)34-17-16-30-31-14-10-19-42-40(31)45-39(30)38(34)36-23-28(18-20-43(36)41)22-27-11-6-7-12-27/h8-10,13-20,23-27H,6-7,11-12,21-22H2,1-5H3/q+2. The second kappa shape index (κ2) is 9.95. The van der Waals surface area contributed by atoms with Gasteiger partial charge in [-0.05, 0) is 72.2 Å². The minimum Gasteiger partial charge on any atom is -0.437 e. The fourth-order valence-corrected chi connectivity index (χ4v) is 10.7. The molecule has 3 aliphatic rings. The van der Waals surface area contributed by atoms with Crippen molar-refractivity contribution in [1.82, 2.24) is 4.98 Å². The number of hydrogen-bond acceptors (Lipinski definition) is 2. The van der Waals surface area contributed by atoms with Gasteiger partial charge in [0.2, 0.25) is 17.1 Å². The number of fused-ring (bicyclic) bond motifs is 14. The van der Waals surface area contributed by atoms with Crippen LogP contribution in [-0.4, -0.2) is 13.1 Å². The molecule has 1 spiro atoms. The summed E-state index contributed by atoms with van der Waals surface area (Å²) in [7, 11) is -1.69. The molecule has 6 heterocycles. The van der Waals surface area contributed by atoms with Gasteiger partial charge in [0.1, 0.15) is 16.7 Å². The van der Waals surface area contributed by atoms with Crippen molar-refractivity contribution in [2.45, 2.75) is 77.7 Å². The molecule has 1 fully saturated rings. The quantitative estimate of drug-likeness (QED) is 0.143. The molecule has 0 saturated heterocycles. The Morgan fingerprint density at radius 1 is 0.891 bits per heavy atom. The Labute approximate surface area is 272 Å². The Balaban J connectivity index is 1.40.